The van der Waals surface area contributed by atoms with Crippen LogP contribution in [0.1, 0.15) is 41.8 Å². The van der Waals surface area contributed by atoms with Crippen molar-refractivity contribution in [2.24, 2.45) is 7.05 Å². The molecule has 0 aliphatic carbocycles. The summed E-state index contributed by atoms with van der Waals surface area (Å²) in [5, 5.41) is 9.12. The van der Waals surface area contributed by atoms with Crippen LogP contribution < -0.4 is 0 Å². The van der Waals surface area contributed by atoms with E-state index in [9.17, 15) is 0 Å². The second kappa shape index (κ2) is 8.68. The van der Waals surface area contributed by atoms with Crippen LogP contribution in [0.25, 0.3) is 0 Å². The van der Waals surface area contributed by atoms with Gasteiger partial charge in [-0.25, -0.2) is 0 Å². The van der Waals surface area contributed by atoms with E-state index in [4.69, 9.17) is 0 Å². The van der Waals surface area contributed by atoms with Crippen molar-refractivity contribution >= 4 is 0 Å². The molecule has 0 aromatic carbocycles. The van der Waals surface area contributed by atoms with E-state index in [1.807, 2.05) is 0 Å². The van der Waals surface area contributed by atoms with Gasteiger partial charge in [-0.2, -0.15) is 0 Å². The fourth-order valence-electron chi connectivity index (χ4n) is 4.34. The minimum absolute atomic E-state index is 0.514. The molecule has 0 atom stereocenters. The molecule has 0 radical (unpaired) electrons. The smallest absolute Gasteiger partial charge is 0.146 e. The van der Waals surface area contributed by atoms with Gasteiger partial charge >= 0.3 is 0 Å². The Morgan fingerprint density at radius 3 is 2.32 bits per heavy atom. The Kier molecular flexibility index (Phi) is 6.04. The molecule has 7 nitrogen and oxygen atoms in total. The van der Waals surface area contributed by atoms with Crippen LogP contribution in [0.15, 0.2) is 18.2 Å². The number of hydrogen-bond acceptors (Lipinski definition) is 6. The molecule has 4 rings (SSSR count). The minimum atomic E-state index is 0.514. The third kappa shape index (κ3) is 4.59. The summed E-state index contributed by atoms with van der Waals surface area (Å²) in [7, 11) is 4.34. The summed E-state index contributed by atoms with van der Waals surface area (Å²) in [6.45, 7) is 10.6. The van der Waals surface area contributed by atoms with Crippen LogP contribution in [0.4, 0.5) is 0 Å². The molecule has 2 aromatic heterocycles. The average molecular weight is 384 g/mol. The molecule has 28 heavy (non-hydrogen) atoms. The zero-order valence-electron chi connectivity index (χ0n) is 17.5. The van der Waals surface area contributed by atoms with Crippen LogP contribution in [0, 0.1) is 6.92 Å². The van der Waals surface area contributed by atoms with Gasteiger partial charge in [0, 0.05) is 51.4 Å². The summed E-state index contributed by atoms with van der Waals surface area (Å²) in [4.78, 5) is 12.0. The van der Waals surface area contributed by atoms with Gasteiger partial charge in [0.1, 0.15) is 11.6 Å². The van der Waals surface area contributed by atoms with E-state index in [1.165, 1.54) is 5.69 Å². The lowest BCUT2D eigenvalue weighted by molar-refractivity contribution is 0.144. The van der Waals surface area contributed by atoms with Gasteiger partial charge in [0.15, 0.2) is 0 Å². The molecule has 0 saturated carbocycles. The lowest BCUT2D eigenvalue weighted by atomic mass is 9.96. The van der Waals surface area contributed by atoms with Crippen LogP contribution in [0.2, 0.25) is 0 Å². The maximum atomic E-state index is 4.65. The zero-order valence-corrected chi connectivity index (χ0v) is 17.5. The highest BCUT2D eigenvalue weighted by Gasteiger charge is 2.26. The number of likely N-dealkylation sites (N-methyl/N-ethyl adjacent to an activating group) is 1. The van der Waals surface area contributed by atoms with Crippen molar-refractivity contribution in [2.45, 2.75) is 38.8 Å². The number of piperidine rings is 1. The molecule has 2 saturated heterocycles. The molecule has 2 aliphatic heterocycles. The van der Waals surface area contributed by atoms with Gasteiger partial charge in [-0.3, -0.25) is 14.8 Å². The first kappa shape index (κ1) is 19.5. The monoisotopic (exact) mass is 383 g/mol. The summed E-state index contributed by atoms with van der Waals surface area (Å²) in [6.07, 6.45) is 2.29. The van der Waals surface area contributed by atoms with E-state index in [0.29, 0.717) is 5.92 Å². The first-order valence-electron chi connectivity index (χ1n) is 10.5. The van der Waals surface area contributed by atoms with Crippen molar-refractivity contribution in [3.63, 3.8) is 0 Å². The summed E-state index contributed by atoms with van der Waals surface area (Å²) in [5.74, 6) is 2.78. The van der Waals surface area contributed by atoms with Crippen LogP contribution in [0.3, 0.4) is 0 Å². The molecule has 0 spiro atoms. The third-order valence-electron chi connectivity index (χ3n) is 6.24. The molecule has 2 aliphatic rings. The third-order valence-corrected chi connectivity index (χ3v) is 6.24. The van der Waals surface area contributed by atoms with Crippen molar-refractivity contribution < 1.29 is 0 Å². The van der Waals surface area contributed by atoms with Crippen molar-refractivity contribution in [1.82, 2.24) is 34.4 Å². The molecule has 0 amide bonds. The Morgan fingerprint density at radius 2 is 1.61 bits per heavy atom. The fraction of sp³-hybridized carbons (Fsp3) is 0.667. The Bertz CT molecular complexity index is 771. The number of piperazine rings is 1. The van der Waals surface area contributed by atoms with Gasteiger partial charge in [-0.1, -0.05) is 6.07 Å². The van der Waals surface area contributed by atoms with E-state index in [1.54, 1.807) is 0 Å². The van der Waals surface area contributed by atoms with Gasteiger partial charge in [0.05, 0.1) is 12.2 Å². The fourth-order valence-corrected chi connectivity index (χ4v) is 4.34. The van der Waals surface area contributed by atoms with Crippen molar-refractivity contribution in [2.75, 3.05) is 46.3 Å². The SMILES string of the molecule is Cc1cccc(CN2CCC(c3nnc(CN4CCN(C)CC4)n3C)CC2)n1. The van der Waals surface area contributed by atoms with E-state index in [2.05, 4.69) is 73.7 Å². The molecule has 0 bridgehead atoms. The van der Waals surface area contributed by atoms with E-state index in [0.717, 1.165) is 82.5 Å². The van der Waals surface area contributed by atoms with Gasteiger partial charge in [-0.05, 0) is 52.0 Å². The lowest BCUT2D eigenvalue weighted by Gasteiger charge is -2.32. The predicted molar refractivity (Wildman–Crippen MR) is 110 cm³/mol. The van der Waals surface area contributed by atoms with E-state index >= 15 is 0 Å². The minimum Gasteiger partial charge on any atom is -0.317 e. The zero-order chi connectivity index (χ0) is 19.5. The first-order valence-corrected chi connectivity index (χ1v) is 10.5. The van der Waals surface area contributed by atoms with Gasteiger partial charge in [0.2, 0.25) is 0 Å². The molecule has 2 aromatic rings. The number of aryl methyl sites for hydroxylation is 1. The topological polar surface area (TPSA) is 53.3 Å². The van der Waals surface area contributed by atoms with Crippen molar-refractivity contribution in [3.8, 4) is 0 Å². The second-order valence-electron chi connectivity index (χ2n) is 8.43. The molecular formula is C21H33N7. The van der Waals surface area contributed by atoms with Gasteiger partial charge in [0.25, 0.3) is 0 Å². The standard InChI is InChI=1S/C21H33N7/c1-17-5-4-6-19(22-17)15-27-9-7-18(8-10-27)21-24-23-20(26(21)3)16-28-13-11-25(2)12-14-28/h4-6,18H,7-16H2,1-3H3. The number of hydrogen-bond donors (Lipinski definition) is 0. The molecule has 0 unspecified atom stereocenters. The van der Waals surface area contributed by atoms with Crippen LogP contribution in [0.5, 0.6) is 0 Å². The number of rotatable bonds is 5. The molecule has 4 heterocycles. The van der Waals surface area contributed by atoms with Crippen LogP contribution in [-0.4, -0.2) is 80.8 Å². The quantitative estimate of drug-likeness (QED) is 0.783. The summed E-state index contributed by atoms with van der Waals surface area (Å²) < 4.78 is 2.25. The maximum Gasteiger partial charge on any atom is 0.146 e. The Balaban J connectivity index is 1.31. The summed E-state index contributed by atoms with van der Waals surface area (Å²) in [6, 6.07) is 6.29. The predicted octanol–water partition coefficient (Wildman–Crippen LogP) is 1.65. The van der Waals surface area contributed by atoms with Gasteiger partial charge in [-0.15, -0.1) is 10.2 Å². The lowest BCUT2D eigenvalue weighted by Crippen LogP contribution is -2.44. The summed E-state index contributed by atoms with van der Waals surface area (Å²) in [5.41, 5.74) is 2.27. The maximum absolute atomic E-state index is 4.65. The number of aromatic nitrogens is 4. The summed E-state index contributed by atoms with van der Waals surface area (Å²) >= 11 is 0. The van der Waals surface area contributed by atoms with Gasteiger partial charge < -0.3 is 9.47 Å². The second-order valence-corrected chi connectivity index (χ2v) is 8.43. The normalized spacial score (nSPS) is 20.7. The van der Waals surface area contributed by atoms with Crippen molar-refractivity contribution in [3.05, 3.63) is 41.2 Å². The van der Waals surface area contributed by atoms with Crippen LogP contribution in [-0.2, 0) is 20.1 Å². The number of nitrogens with zero attached hydrogens (tertiary/aromatic N) is 7. The highest BCUT2D eigenvalue weighted by molar-refractivity contribution is 5.10. The Hall–Kier alpha value is -1.83. The largest absolute Gasteiger partial charge is 0.317 e. The molecule has 2 fully saturated rings. The molecule has 152 valence electrons. The Morgan fingerprint density at radius 1 is 0.893 bits per heavy atom. The highest BCUT2D eigenvalue weighted by Crippen LogP contribution is 2.27. The Labute approximate surface area is 168 Å². The first-order chi connectivity index (χ1) is 13.6. The number of likely N-dealkylation sites (tertiary alicyclic amines) is 1. The number of pyridine rings is 1. The molecule has 7 heteroatoms. The average Bonchev–Trinajstić information content (AvgIpc) is 3.05. The van der Waals surface area contributed by atoms with Crippen molar-refractivity contribution in [1.29, 1.82) is 0 Å². The highest BCUT2D eigenvalue weighted by atomic mass is 15.3. The molecule has 0 N–H and O–H groups in total. The van der Waals surface area contributed by atoms with E-state index < -0.39 is 0 Å². The molecular weight excluding hydrogens is 350 g/mol. The van der Waals surface area contributed by atoms with E-state index in [-0.39, 0.29) is 0 Å². The van der Waals surface area contributed by atoms with Crippen LogP contribution >= 0.6 is 0 Å².